The number of nitrogens with zero attached hydrogens (tertiary/aromatic N) is 1. The maximum atomic E-state index is 15.3. The van der Waals surface area contributed by atoms with E-state index >= 15 is 8.78 Å². The van der Waals surface area contributed by atoms with Gasteiger partial charge in [-0.25, -0.2) is 8.78 Å². The van der Waals surface area contributed by atoms with E-state index in [1.54, 1.807) is 0 Å². The number of anilines is 3. The van der Waals surface area contributed by atoms with Gasteiger partial charge in [-0.15, -0.1) is 0 Å². The predicted octanol–water partition coefficient (Wildman–Crippen LogP) is 13.6. The molecule has 4 heteroatoms. The van der Waals surface area contributed by atoms with E-state index in [0.717, 1.165) is 61.6 Å². The van der Waals surface area contributed by atoms with Crippen molar-refractivity contribution in [1.29, 1.82) is 0 Å². The first kappa shape index (κ1) is 30.7. The second-order valence-electron chi connectivity index (χ2n) is 15.0. The van der Waals surface area contributed by atoms with Crippen LogP contribution in [0.1, 0.15) is 45.2 Å². The number of furan rings is 1. The maximum absolute atomic E-state index is 15.3. The van der Waals surface area contributed by atoms with Crippen molar-refractivity contribution < 1.29 is 13.2 Å². The number of fused-ring (bicyclic) bond motifs is 10. The Morgan fingerprint density at radius 2 is 1.09 bits per heavy atom. The molecule has 0 saturated heterocycles. The summed E-state index contributed by atoms with van der Waals surface area (Å²) in [6.45, 7) is 0. The minimum atomic E-state index is -0.620. The highest BCUT2D eigenvalue weighted by Gasteiger charge is 2.70. The summed E-state index contributed by atoms with van der Waals surface area (Å²) in [4.78, 5) is 2.06. The third-order valence-electron chi connectivity index (χ3n) is 12.5. The van der Waals surface area contributed by atoms with Crippen LogP contribution in [0, 0.1) is 11.6 Å². The molecule has 1 heterocycles. The Morgan fingerprint density at radius 3 is 1.84 bits per heavy atom. The van der Waals surface area contributed by atoms with Gasteiger partial charge in [0.2, 0.25) is 0 Å². The second-order valence-corrected chi connectivity index (χ2v) is 15.0. The molecule has 3 unspecified atom stereocenters. The van der Waals surface area contributed by atoms with Crippen LogP contribution in [0.2, 0.25) is 0 Å². The quantitative estimate of drug-likeness (QED) is 0.177. The lowest BCUT2D eigenvalue weighted by atomic mass is 9.43. The molecule has 1 aromatic heterocycles. The number of hydrogen-bond donors (Lipinski definition) is 0. The van der Waals surface area contributed by atoms with E-state index in [1.807, 2.05) is 36.4 Å². The van der Waals surface area contributed by atoms with Crippen molar-refractivity contribution in [1.82, 2.24) is 0 Å². The van der Waals surface area contributed by atoms with Crippen molar-refractivity contribution in [3.8, 4) is 22.3 Å². The van der Waals surface area contributed by atoms with Crippen molar-refractivity contribution in [2.24, 2.45) is 0 Å². The summed E-state index contributed by atoms with van der Waals surface area (Å²) in [5, 5.41) is 2.17. The molecule has 55 heavy (non-hydrogen) atoms. The standard InChI is InChI=1S/C51H31F2NO/c52-32-27-33(53)29-35(28-32)54(34-23-21-31(22-24-34)30-11-2-1-3-12-30)43-26-25-37(36-16-10-20-45-46(36)40-15-6-9-19-44(40)55-45)47-48(43)50-39-14-5-8-18-42(39)51(50)41-17-7-4-13-38(41)49(47)51/h1-29,49-50H. The van der Waals surface area contributed by atoms with Crippen LogP contribution in [0.3, 0.4) is 0 Å². The summed E-state index contributed by atoms with van der Waals surface area (Å²) >= 11 is 0. The van der Waals surface area contributed by atoms with Gasteiger partial charge in [-0.05, 0) is 98.1 Å². The minimum Gasteiger partial charge on any atom is -0.456 e. The molecule has 0 saturated carbocycles. The number of para-hydroxylation sites is 1. The topological polar surface area (TPSA) is 16.4 Å². The van der Waals surface area contributed by atoms with E-state index in [9.17, 15) is 0 Å². The molecular formula is C51H31F2NO. The average molecular weight is 712 g/mol. The van der Waals surface area contributed by atoms with Crippen LogP contribution in [0.15, 0.2) is 180 Å². The zero-order valence-electron chi connectivity index (χ0n) is 29.5. The molecule has 0 aliphatic heterocycles. The lowest BCUT2D eigenvalue weighted by Crippen LogP contribution is -2.52. The van der Waals surface area contributed by atoms with Gasteiger partial charge in [-0.3, -0.25) is 0 Å². The summed E-state index contributed by atoms with van der Waals surface area (Å²) < 4.78 is 37.0. The summed E-state index contributed by atoms with van der Waals surface area (Å²) in [6.07, 6.45) is 0. The Labute approximate surface area is 316 Å². The highest BCUT2D eigenvalue weighted by atomic mass is 19.1. The molecule has 3 aliphatic carbocycles. The van der Waals surface area contributed by atoms with E-state index in [2.05, 4.69) is 126 Å². The lowest BCUT2D eigenvalue weighted by molar-refractivity contribution is 0.333. The van der Waals surface area contributed by atoms with Crippen LogP contribution in [0.5, 0.6) is 0 Å². The van der Waals surface area contributed by atoms with E-state index < -0.39 is 11.6 Å². The van der Waals surface area contributed by atoms with Crippen molar-refractivity contribution >= 4 is 39.0 Å². The summed E-state index contributed by atoms with van der Waals surface area (Å²) in [5.74, 6) is -1.11. The molecule has 8 aromatic carbocycles. The first-order chi connectivity index (χ1) is 27.1. The third kappa shape index (κ3) is 4.01. The summed E-state index contributed by atoms with van der Waals surface area (Å²) in [7, 11) is 0. The highest BCUT2D eigenvalue weighted by Crippen LogP contribution is 2.79. The molecule has 3 atom stereocenters. The van der Waals surface area contributed by atoms with E-state index in [1.165, 1.54) is 45.5 Å². The molecule has 260 valence electrons. The normalized spacial score (nSPS) is 18.4. The molecule has 0 amide bonds. The van der Waals surface area contributed by atoms with Gasteiger partial charge >= 0.3 is 0 Å². The maximum Gasteiger partial charge on any atom is 0.136 e. The van der Waals surface area contributed by atoms with Gasteiger partial charge < -0.3 is 9.32 Å². The zero-order chi connectivity index (χ0) is 36.4. The van der Waals surface area contributed by atoms with Gasteiger partial charge in [0.1, 0.15) is 22.8 Å². The zero-order valence-corrected chi connectivity index (χ0v) is 29.5. The van der Waals surface area contributed by atoms with Crippen molar-refractivity contribution in [3.63, 3.8) is 0 Å². The van der Waals surface area contributed by atoms with Gasteiger partial charge in [-0.2, -0.15) is 0 Å². The number of halogens is 2. The largest absolute Gasteiger partial charge is 0.456 e. The second kappa shape index (κ2) is 11.1. The molecule has 2 nitrogen and oxygen atoms in total. The molecule has 1 spiro atoms. The lowest BCUT2D eigenvalue weighted by Gasteiger charge is -2.58. The third-order valence-corrected chi connectivity index (χ3v) is 12.5. The smallest absolute Gasteiger partial charge is 0.136 e. The van der Waals surface area contributed by atoms with Crippen LogP contribution in [-0.4, -0.2) is 0 Å². The van der Waals surface area contributed by atoms with Crippen molar-refractivity contribution in [2.75, 3.05) is 4.90 Å². The molecular weight excluding hydrogens is 681 g/mol. The van der Waals surface area contributed by atoms with Crippen LogP contribution < -0.4 is 4.90 Å². The molecule has 3 aliphatic rings. The first-order valence-electron chi connectivity index (χ1n) is 18.8. The monoisotopic (exact) mass is 711 g/mol. The first-order valence-corrected chi connectivity index (χ1v) is 18.8. The van der Waals surface area contributed by atoms with Gasteiger partial charge in [0.15, 0.2) is 0 Å². The minimum absolute atomic E-state index is 0.0401. The van der Waals surface area contributed by atoms with E-state index in [4.69, 9.17) is 4.42 Å². The van der Waals surface area contributed by atoms with Crippen LogP contribution >= 0.6 is 0 Å². The number of benzene rings is 8. The van der Waals surface area contributed by atoms with Crippen molar-refractivity contribution in [2.45, 2.75) is 17.3 Å². The van der Waals surface area contributed by atoms with Gasteiger partial charge in [-0.1, -0.05) is 127 Å². The van der Waals surface area contributed by atoms with Gasteiger partial charge in [0.25, 0.3) is 0 Å². The number of rotatable bonds is 5. The van der Waals surface area contributed by atoms with Gasteiger partial charge in [0.05, 0.1) is 11.4 Å². The summed E-state index contributed by atoms with van der Waals surface area (Å²) in [6, 6.07) is 59.1. The summed E-state index contributed by atoms with van der Waals surface area (Å²) in [5.41, 5.74) is 15.9. The van der Waals surface area contributed by atoms with Crippen LogP contribution in [-0.2, 0) is 5.41 Å². The Hall–Kier alpha value is -6.78. The van der Waals surface area contributed by atoms with E-state index in [0.29, 0.717) is 5.69 Å². The molecule has 0 N–H and O–H groups in total. The molecule has 12 rings (SSSR count). The fourth-order valence-corrected chi connectivity index (χ4v) is 10.5. The van der Waals surface area contributed by atoms with E-state index in [-0.39, 0.29) is 17.3 Å². The van der Waals surface area contributed by atoms with Crippen LogP contribution in [0.25, 0.3) is 44.2 Å². The fourth-order valence-electron chi connectivity index (χ4n) is 10.5. The van der Waals surface area contributed by atoms with Crippen LogP contribution in [0.4, 0.5) is 25.8 Å². The molecule has 0 fully saturated rings. The molecule has 0 bridgehead atoms. The Morgan fingerprint density at radius 1 is 0.473 bits per heavy atom. The average Bonchev–Trinajstić information content (AvgIpc) is 3.69. The Balaban J connectivity index is 1.17. The van der Waals surface area contributed by atoms with Crippen molar-refractivity contribution in [3.05, 3.63) is 221 Å². The number of hydrogen-bond acceptors (Lipinski definition) is 2. The van der Waals surface area contributed by atoms with Gasteiger partial charge in [0, 0.05) is 39.8 Å². The molecule has 9 aromatic rings. The Bertz CT molecular complexity index is 3020. The predicted molar refractivity (Wildman–Crippen MR) is 217 cm³/mol. The SMILES string of the molecule is Fc1cc(F)cc(N(c2ccc(-c3ccccc3)cc2)c2ccc(-c3cccc4oc5ccccc5c34)c3c2C2c4ccccc4C24c2ccccc2C34)c1. The highest BCUT2D eigenvalue weighted by molar-refractivity contribution is 6.13. The fraction of sp³-hybridized carbons (Fsp3) is 0.0588. The Kier molecular flexibility index (Phi) is 6.20. The molecule has 0 radical (unpaired) electrons.